The number of nitrogens with zero attached hydrogens (tertiary/aromatic N) is 4. The number of hydrogen-bond acceptors (Lipinski definition) is 5. The maximum atomic E-state index is 12.8. The van der Waals surface area contributed by atoms with E-state index < -0.39 is 5.66 Å². The Hall–Kier alpha value is -2.90. The van der Waals surface area contributed by atoms with Crippen molar-refractivity contribution in [2.24, 2.45) is 0 Å². The summed E-state index contributed by atoms with van der Waals surface area (Å²) < 4.78 is 1.82. The smallest absolute Gasteiger partial charge is 0.255 e. The Morgan fingerprint density at radius 2 is 1.93 bits per heavy atom. The minimum atomic E-state index is -0.479. The number of nitrogens with one attached hydrogen (secondary N) is 2. The molecule has 4 rings (SSSR count). The lowest BCUT2D eigenvalue weighted by molar-refractivity contribution is -0.133. The van der Waals surface area contributed by atoms with Gasteiger partial charge in [-0.25, -0.2) is 9.67 Å². The van der Waals surface area contributed by atoms with Gasteiger partial charge in [-0.05, 0) is 32.9 Å². The lowest BCUT2D eigenvalue weighted by atomic mass is 9.92. The number of fused-ring (bicyclic) bond motifs is 1. The van der Waals surface area contributed by atoms with Crippen molar-refractivity contribution in [1.29, 1.82) is 0 Å². The average Bonchev–Trinajstić information content (AvgIpc) is 3.00. The van der Waals surface area contributed by atoms with E-state index in [9.17, 15) is 9.59 Å². The molecule has 0 aliphatic carbocycles. The zero-order chi connectivity index (χ0) is 19.9. The molecule has 3 heterocycles. The molecule has 8 heteroatoms. The van der Waals surface area contributed by atoms with E-state index in [4.69, 9.17) is 0 Å². The summed E-state index contributed by atoms with van der Waals surface area (Å²) in [6.45, 7) is 6.96. The molecule has 1 aromatic heterocycles. The van der Waals surface area contributed by atoms with Crippen LogP contribution >= 0.6 is 0 Å². The summed E-state index contributed by atoms with van der Waals surface area (Å²) in [4.78, 5) is 31.5. The molecule has 0 radical (unpaired) electrons. The Kier molecular flexibility index (Phi) is 4.56. The number of piperidine rings is 1. The van der Waals surface area contributed by atoms with Crippen molar-refractivity contribution >= 4 is 17.5 Å². The van der Waals surface area contributed by atoms with E-state index in [1.807, 2.05) is 54.6 Å². The second-order valence-corrected chi connectivity index (χ2v) is 7.79. The van der Waals surface area contributed by atoms with Crippen LogP contribution in [0.4, 0.5) is 5.69 Å². The van der Waals surface area contributed by atoms with E-state index in [1.54, 1.807) is 0 Å². The maximum absolute atomic E-state index is 12.8. The van der Waals surface area contributed by atoms with Crippen LogP contribution < -0.4 is 10.6 Å². The Morgan fingerprint density at radius 3 is 2.61 bits per heavy atom. The summed E-state index contributed by atoms with van der Waals surface area (Å²) in [6, 6.07) is 7.49. The van der Waals surface area contributed by atoms with E-state index in [0.717, 1.165) is 17.3 Å². The highest BCUT2D eigenvalue weighted by molar-refractivity contribution is 6.02. The van der Waals surface area contributed by atoms with Gasteiger partial charge in [0.2, 0.25) is 5.91 Å². The zero-order valence-corrected chi connectivity index (χ0v) is 16.5. The van der Waals surface area contributed by atoms with Gasteiger partial charge in [0.15, 0.2) is 0 Å². The highest BCUT2D eigenvalue weighted by Crippen LogP contribution is 2.31. The quantitative estimate of drug-likeness (QED) is 0.847. The number of anilines is 1. The molecule has 2 aliphatic heterocycles. The van der Waals surface area contributed by atoms with Gasteiger partial charge in [0.1, 0.15) is 17.3 Å². The van der Waals surface area contributed by atoms with Crippen molar-refractivity contribution in [2.45, 2.75) is 51.7 Å². The van der Waals surface area contributed by atoms with Gasteiger partial charge in [0, 0.05) is 38.0 Å². The van der Waals surface area contributed by atoms with Crippen molar-refractivity contribution in [3.63, 3.8) is 0 Å². The predicted octanol–water partition coefficient (Wildman–Crippen LogP) is 2.02. The summed E-state index contributed by atoms with van der Waals surface area (Å²) in [5.74, 6) is 1.59. The van der Waals surface area contributed by atoms with Crippen molar-refractivity contribution in [1.82, 2.24) is 25.0 Å². The second-order valence-electron chi connectivity index (χ2n) is 7.79. The first kappa shape index (κ1) is 18.5. The van der Waals surface area contributed by atoms with Gasteiger partial charge in [0.25, 0.3) is 5.91 Å². The first-order chi connectivity index (χ1) is 13.4. The first-order valence-electron chi connectivity index (χ1n) is 9.74. The van der Waals surface area contributed by atoms with Crippen LogP contribution in [-0.4, -0.2) is 50.2 Å². The Bertz CT molecular complexity index is 913. The molecule has 148 valence electrons. The molecule has 8 nitrogen and oxygen atoms in total. The second kappa shape index (κ2) is 6.92. The van der Waals surface area contributed by atoms with E-state index >= 15 is 0 Å². The van der Waals surface area contributed by atoms with Crippen LogP contribution in [0, 0.1) is 13.8 Å². The fraction of sp³-hybridized carbons (Fsp3) is 0.500. The fourth-order valence-electron chi connectivity index (χ4n) is 4.17. The van der Waals surface area contributed by atoms with Crippen molar-refractivity contribution in [2.75, 3.05) is 18.4 Å². The molecule has 2 amide bonds. The number of para-hydroxylation sites is 1. The molecule has 2 N–H and O–H groups in total. The predicted molar refractivity (Wildman–Crippen MR) is 105 cm³/mol. The first-order valence-corrected chi connectivity index (χ1v) is 9.74. The molecule has 1 atom stereocenters. The average molecular weight is 382 g/mol. The minimum Gasteiger partial charge on any atom is -0.362 e. The highest BCUT2D eigenvalue weighted by atomic mass is 16.2. The van der Waals surface area contributed by atoms with Gasteiger partial charge in [0.05, 0.1) is 11.6 Å². The molecule has 1 aromatic carbocycles. The molecule has 0 unspecified atom stereocenters. The number of benzene rings is 1. The number of likely N-dealkylation sites (tertiary alicyclic amines) is 1. The van der Waals surface area contributed by atoms with E-state index in [1.165, 1.54) is 0 Å². The van der Waals surface area contributed by atoms with Crippen molar-refractivity contribution in [3.05, 3.63) is 41.5 Å². The van der Waals surface area contributed by atoms with Gasteiger partial charge in [-0.1, -0.05) is 12.1 Å². The van der Waals surface area contributed by atoms with Gasteiger partial charge in [-0.2, -0.15) is 5.10 Å². The standard InChI is InChI=1S/C20H26N6O2/c1-13(26-15(3)21-14(2)24-26)12-18(27)25-10-8-20(9-11-25)22-17-7-5-4-6-16(17)19(28)23-20/h4-7,13,22H,8-12H2,1-3H3,(H,23,28)/t13-/m0/s1. The van der Waals surface area contributed by atoms with E-state index in [0.29, 0.717) is 37.9 Å². The Labute approximate surface area is 164 Å². The summed E-state index contributed by atoms with van der Waals surface area (Å²) in [6.07, 6.45) is 1.74. The summed E-state index contributed by atoms with van der Waals surface area (Å²) in [5, 5.41) is 11.0. The third kappa shape index (κ3) is 3.34. The highest BCUT2D eigenvalue weighted by Gasteiger charge is 2.41. The summed E-state index contributed by atoms with van der Waals surface area (Å²) in [7, 11) is 0. The Balaban J connectivity index is 1.38. The molecule has 1 saturated heterocycles. The SMILES string of the molecule is Cc1nc(C)n([C@@H](C)CC(=O)N2CCC3(CC2)NC(=O)c2ccccc2N3)n1. The van der Waals surface area contributed by atoms with Crippen LogP contribution in [-0.2, 0) is 4.79 Å². The number of aromatic nitrogens is 3. The molecular formula is C20H26N6O2. The minimum absolute atomic E-state index is 0.0380. The van der Waals surface area contributed by atoms with Gasteiger partial charge in [-0.15, -0.1) is 0 Å². The largest absolute Gasteiger partial charge is 0.362 e. The number of amides is 2. The van der Waals surface area contributed by atoms with Crippen LogP contribution in [0.5, 0.6) is 0 Å². The van der Waals surface area contributed by atoms with Crippen LogP contribution in [0.25, 0.3) is 0 Å². The molecule has 0 saturated carbocycles. The van der Waals surface area contributed by atoms with Crippen molar-refractivity contribution in [3.8, 4) is 0 Å². The number of carbonyl (C=O) groups excluding carboxylic acids is 2. The van der Waals surface area contributed by atoms with Gasteiger partial charge in [-0.3, -0.25) is 9.59 Å². The molecule has 2 aliphatic rings. The lowest BCUT2D eigenvalue weighted by Crippen LogP contribution is -2.62. The molecule has 1 fully saturated rings. The normalized spacial score (nSPS) is 19.0. The lowest BCUT2D eigenvalue weighted by Gasteiger charge is -2.46. The van der Waals surface area contributed by atoms with Crippen LogP contribution in [0.3, 0.4) is 0 Å². The number of aryl methyl sites for hydroxylation is 2. The van der Waals surface area contributed by atoms with Gasteiger partial charge >= 0.3 is 0 Å². The third-order valence-electron chi connectivity index (χ3n) is 5.66. The van der Waals surface area contributed by atoms with Crippen molar-refractivity contribution < 1.29 is 9.59 Å². The molecule has 0 bridgehead atoms. The van der Waals surface area contributed by atoms with E-state index in [-0.39, 0.29) is 17.9 Å². The number of rotatable bonds is 3. The number of hydrogen-bond donors (Lipinski definition) is 2. The monoisotopic (exact) mass is 382 g/mol. The topological polar surface area (TPSA) is 92.2 Å². The fourth-order valence-corrected chi connectivity index (χ4v) is 4.17. The van der Waals surface area contributed by atoms with Crippen LogP contribution in [0.1, 0.15) is 54.2 Å². The molecular weight excluding hydrogens is 356 g/mol. The number of carbonyl (C=O) groups is 2. The van der Waals surface area contributed by atoms with E-state index in [2.05, 4.69) is 20.7 Å². The molecule has 28 heavy (non-hydrogen) atoms. The summed E-state index contributed by atoms with van der Waals surface area (Å²) in [5.41, 5.74) is 1.04. The summed E-state index contributed by atoms with van der Waals surface area (Å²) >= 11 is 0. The van der Waals surface area contributed by atoms with Crippen LogP contribution in [0.15, 0.2) is 24.3 Å². The molecule has 1 spiro atoms. The van der Waals surface area contributed by atoms with Crippen LogP contribution in [0.2, 0.25) is 0 Å². The Morgan fingerprint density at radius 1 is 1.21 bits per heavy atom. The zero-order valence-electron chi connectivity index (χ0n) is 16.5. The van der Waals surface area contributed by atoms with Gasteiger partial charge < -0.3 is 15.5 Å². The molecule has 2 aromatic rings. The third-order valence-corrected chi connectivity index (χ3v) is 5.66. The maximum Gasteiger partial charge on any atom is 0.255 e.